The van der Waals surface area contributed by atoms with E-state index in [9.17, 15) is 19.8 Å². The van der Waals surface area contributed by atoms with Gasteiger partial charge in [-0.15, -0.1) is 0 Å². The molecule has 0 bridgehead atoms. The molecule has 0 heterocycles. The molecule has 8 heteroatoms. The van der Waals surface area contributed by atoms with Gasteiger partial charge < -0.3 is 19.7 Å². The first-order chi connectivity index (χ1) is 13.9. The predicted octanol–water partition coefficient (Wildman–Crippen LogP) is 4.70. The van der Waals surface area contributed by atoms with Crippen molar-refractivity contribution in [1.82, 2.24) is 0 Å². The molecule has 0 saturated carbocycles. The van der Waals surface area contributed by atoms with E-state index in [1.54, 1.807) is 24.3 Å². The second-order valence-corrected chi connectivity index (χ2v) is 6.70. The van der Waals surface area contributed by atoms with Gasteiger partial charge in [-0.25, -0.2) is 9.59 Å². The van der Waals surface area contributed by atoms with Gasteiger partial charge in [0.25, 0.3) is 0 Å². The van der Waals surface area contributed by atoms with Crippen molar-refractivity contribution in [2.24, 2.45) is 5.41 Å². The minimum atomic E-state index is -0.629. The molecule has 156 valence electrons. The number of hydrogen-bond donors (Lipinski definition) is 4. The highest BCUT2D eigenvalue weighted by Crippen LogP contribution is 2.28. The third-order valence-electron chi connectivity index (χ3n) is 4.75. The lowest BCUT2D eigenvalue weighted by Gasteiger charge is -2.30. The molecule has 0 aliphatic heterocycles. The van der Waals surface area contributed by atoms with E-state index in [2.05, 4.69) is 10.6 Å². The van der Waals surface area contributed by atoms with E-state index >= 15 is 0 Å². The normalized spacial score (nSPS) is 10.8. The number of carbonyl (C=O) groups excluding carboxylic acids is 2. The molecule has 0 atom stereocenters. The Morgan fingerprint density at radius 1 is 0.759 bits per heavy atom. The Labute approximate surface area is 169 Å². The van der Waals surface area contributed by atoms with Crippen molar-refractivity contribution in [3.05, 3.63) is 48.5 Å². The SMILES string of the molecule is CCC(CC)(COC(=O)Nc1ccc(O)cc1)COC(=O)Nc1ccc(O)cc1. The molecule has 29 heavy (non-hydrogen) atoms. The van der Waals surface area contributed by atoms with E-state index in [0.29, 0.717) is 24.2 Å². The van der Waals surface area contributed by atoms with Crippen LogP contribution in [0.15, 0.2) is 48.5 Å². The maximum Gasteiger partial charge on any atom is 0.411 e. The van der Waals surface area contributed by atoms with Crippen molar-refractivity contribution in [1.29, 1.82) is 0 Å². The van der Waals surface area contributed by atoms with Gasteiger partial charge in [-0.2, -0.15) is 0 Å². The van der Waals surface area contributed by atoms with E-state index in [0.717, 1.165) is 0 Å². The molecule has 2 aromatic rings. The van der Waals surface area contributed by atoms with Crippen molar-refractivity contribution in [2.45, 2.75) is 26.7 Å². The molecule has 0 saturated heterocycles. The summed E-state index contributed by atoms with van der Waals surface area (Å²) in [6.45, 7) is 4.03. The summed E-state index contributed by atoms with van der Waals surface area (Å²) < 4.78 is 10.7. The highest BCUT2D eigenvalue weighted by molar-refractivity contribution is 5.85. The van der Waals surface area contributed by atoms with Gasteiger partial charge in [-0.3, -0.25) is 10.6 Å². The lowest BCUT2D eigenvalue weighted by molar-refractivity contribution is 0.0286. The van der Waals surface area contributed by atoms with Gasteiger partial charge in [0.2, 0.25) is 0 Å². The van der Waals surface area contributed by atoms with Crippen molar-refractivity contribution in [3.63, 3.8) is 0 Å². The summed E-state index contributed by atoms with van der Waals surface area (Å²) >= 11 is 0. The zero-order chi connectivity index (χ0) is 21.3. The van der Waals surface area contributed by atoms with Crippen molar-refractivity contribution < 1.29 is 29.3 Å². The van der Waals surface area contributed by atoms with Gasteiger partial charge in [0, 0.05) is 16.8 Å². The van der Waals surface area contributed by atoms with E-state index in [1.165, 1.54) is 24.3 Å². The number of amides is 2. The molecule has 0 unspecified atom stereocenters. The summed E-state index contributed by atoms with van der Waals surface area (Å²) in [7, 11) is 0. The molecule has 0 aromatic heterocycles. The van der Waals surface area contributed by atoms with Gasteiger partial charge in [-0.05, 0) is 61.4 Å². The second-order valence-electron chi connectivity index (χ2n) is 6.70. The molecule has 0 aliphatic rings. The Morgan fingerprint density at radius 2 is 1.10 bits per heavy atom. The third kappa shape index (κ3) is 6.91. The van der Waals surface area contributed by atoms with Crippen LogP contribution in [0.3, 0.4) is 0 Å². The van der Waals surface area contributed by atoms with Gasteiger partial charge in [0.1, 0.15) is 24.7 Å². The number of nitrogens with one attached hydrogen (secondary N) is 2. The monoisotopic (exact) mass is 402 g/mol. The van der Waals surface area contributed by atoms with Crippen LogP contribution in [0.2, 0.25) is 0 Å². The molecule has 2 amide bonds. The highest BCUT2D eigenvalue weighted by Gasteiger charge is 2.30. The number of rotatable bonds is 8. The number of carbonyl (C=O) groups is 2. The molecule has 0 radical (unpaired) electrons. The average Bonchev–Trinajstić information content (AvgIpc) is 2.72. The molecule has 0 aliphatic carbocycles. The summed E-state index contributed by atoms with van der Waals surface area (Å²) in [6.07, 6.45) is 0.0244. The summed E-state index contributed by atoms with van der Waals surface area (Å²) in [6, 6.07) is 12.1. The first-order valence-electron chi connectivity index (χ1n) is 9.31. The first-order valence-corrected chi connectivity index (χ1v) is 9.31. The van der Waals surface area contributed by atoms with Crippen LogP contribution >= 0.6 is 0 Å². The molecule has 8 nitrogen and oxygen atoms in total. The highest BCUT2D eigenvalue weighted by atomic mass is 16.6. The van der Waals surface area contributed by atoms with Gasteiger partial charge >= 0.3 is 12.2 Å². The molecule has 4 N–H and O–H groups in total. The third-order valence-corrected chi connectivity index (χ3v) is 4.75. The maximum absolute atomic E-state index is 12.0. The minimum Gasteiger partial charge on any atom is -0.508 e. The van der Waals surface area contributed by atoms with Crippen LogP contribution in [-0.2, 0) is 9.47 Å². The predicted molar refractivity (Wildman–Crippen MR) is 109 cm³/mol. The summed E-state index contributed by atoms with van der Waals surface area (Å²) in [4.78, 5) is 24.1. The number of aromatic hydroxyl groups is 2. The van der Waals surface area contributed by atoms with Crippen molar-refractivity contribution in [2.75, 3.05) is 23.8 Å². The van der Waals surface area contributed by atoms with Gasteiger partial charge in [0.15, 0.2) is 0 Å². The lowest BCUT2D eigenvalue weighted by Crippen LogP contribution is -2.35. The summed E-state index contributed by atoms with van der Waals surface area (Å²) in [5.74, 6) is 0.199. The standard InChI is InChI=1S/C21H26N2O6/c1-3-21(4-2,13-28-19(26)22-15-5-9-17(24)10-6-15)14-29-20(27)23-16-7-11-18(25)12-8-16/h5-12,24-25H,3-4,13-14H2,1-2H3,(H,22,26)(H,23,27). The second kappa shape index (κ2) is 10.2. The number of hydrogen-bond acceptors (Lipinski definition) is 6. The van der Waals surface area contributed by atoms with Crippen LogP contribution in [0.5, 0.6) is 11.5 Å². The summed E-state index contributed by atoms with van der Waals surface area (Å²) in [5.41, 5.74) is 0.477. The quantitative estimate of drug-likeness (QED) is 0.476. The Kier molecular flexibility index (Phi) is 7.70. The number of phenols is 2. The van der Waals surface area contributed by atoms with Crippen molar-refractivity contribution >= 4 is 23.6 Å². The number of phenolic OH excluding ortho intramolecular Hbond substituents is 2. The fourth-order valence-corrected chi connectivity index (χ4v) is 2.53. The number of anilines is 2. The number of benzene rings is 2. The van der Waals surface area contributed by atoms with Crippen molar-refractivity contribution in [3.8, 4) is 11.5 Å². The Morgan fingerprint density at radius 3 is 1.41 bits per heavy atom. The number of ether oxygens (including phenoxy) is 2. The van der Waals surface area contributed by atoms with Crippen LogP contribution in [0.1, 0.15) is 26.7 Å². The van der Waals surface area contributed by atoms with Crippen LogP contribution < -0.4 is 10.6 Å². The average molecular weight is 402 g/mol. The lowest BCUT2D eigenvalue weighted by atomic mass is 9.84. The van der Waals surface area contributed by atoms with E-state index in [4.69, 9.17) is 9.47 Å². The molecular formula is C21H26N2O6. The Bertz CT molecular complexity index is 735. The summed E-state index contributed by atoms with van der Waals surface area (Å²) in [5, 5.41) is 23.7. The Balaban J connectivity index is 1.85. The topological polar surface area (TPSA) is 117 Å². The maximum atomic E-state index is 12.0. The van der Waals surface area contributed by atoms with Crippen LogP contribution in [0, 0.1) is 5.41 Å². The smallest absolute Gasteiger partial charge is 0.411 e. The molecule has 2 rings (SSSR count). The zero-order valence-corrected chi connectivity index (χ0v) is 16.5. The fourth-order valence-electron chi connectivity index (χ4n) is 2.53. The van der Waals surface area contributed by atoms with Gasteiger partial charge in [0.05, 0.1) is 0 Å². The molecular weight excluding hydrogens is 376 g/mol. The molecule has 0 fully saturated rings. The largest absolute Gasteiger partial charge is 0.508 e. The van der Waals surface area contributed by atoms with Crippen LogP contribution in [0.25, 0.3) is 0 Å². The van der Waals surface area contributed by atoms with E-state index < -0.39 is 17.6 Å². The van der Waals surface area contributed by atoms with Crippen LogP contribution in [0.4, 0.5) is 21.0 Å². The fraction of sp³-hybridized carbons (Fsp3) is 0.333. The molecule has 0 spiro atoms. The van der Waals surface area contributed by atoms with Gasteiger partial charge in [-0.1, -0.05) is 13.8 Å². The van der Waals surface area contributed by atoms with E-state index in [1.807, 2.05) is 13.8 Å². The zero-order valence-electron chi connectivity index (χ0n) is 16.5. The Hall–Kier alpha value is -3.42. The minimum absolute atomic E-state index is 0.0798. The van der Waals surface area contributed by atoms with Crippen LogP contribution in [-0.4, -0.2) is 35.6 Å². The van der Waals surface area contributed by atoms with E-state index in [-0.39, 0.29) is 24.7 Å². The molecule has 2 aromatic carbocycles. The first kappa shape index (κ1) is 21.9.